The van der Waals surface area contributed by atoms with Crippen LogP contribution in [-0.2, 0) is 4.79 Å². The Labute approximate surface area is 110 Å². The molecule has 18 heavy (non-hydrogen) atoms. The van der Waals surface area contributed by atoms with Crippen LogP contribution in [-0.4, -0.2) is 42.2 Å². The van der Waals surface area contributed by atoms with Gasteiger partial charge in [-0.15, -0.1) is 0 Å². The van der Waals surface area contributed by atoms with Gasteiger partial charge in [0.2, 0.25) is 5.91 Å². The highest BCUT2D eigenvalue weighted by Gasteiger charge is 2.43. The number of rotatable bonds is 3. The largest absolute Gasteiger partial charge is 0.396 e. The molecule has 3 N–H and O–H groups in total. The van der Waals surface area contributed by atoms with Gasteiger partial charge in [-0.3, -0.25) is 4.79 Å². The van der Waals surface area contributed by atoms with E-state index in [1.54, 1.807) is 0 Å². The van der Waals surface area contributed by atoms with Gasteiger partial charge in [0.25, 0.3) is 0 Å². The fourth-order valence-corrected chi connectivity index (χ4v) is 3.32. The first-order valence-electron chi connectivity index (χ1n) is 7.21. The smallest absolute Gasteiger partial charge is 0.230 e. The summed E-state index contributed by atoms with van der Waals surface area (Å²) in [6.45, 7) is 4.42. The summed E-state index contributed by atoms with van der Waals surface area (Å²) in [6, 6.07) is 0. The van der Waals surface area contributed by atoms with Gasteiger partial charge >= 0.3 is 0 Å². The van der Waals surface area contributed by atoms with Crippen LogP contribution < -0.4 is 5.73 Å². The van der Waals surface area contributed by atoms with Gasteiger partial charge in [-0.2, -0.15) is 0 Å². The third-order valence-electron chi connectivity index (χ3n) is 4.91. The van der Waals surface area contributed by atoms with Crippen molar-refractivity contribution in [3.63, 3.8) is 0 Å². The number of amides is 1. The van der Waals surface area contributed by atoms with Crippen molar-refractivity contribution in [1.82, 2.24) is 4.90 Å². The van der Waals surface area contributed by atoms with Crippen molar-refractivity contribution in [2.45, 2.75) is 39.0 Å². The lowest BCUT2D eigenvalue weighted by atomic mass is 9.70. The van der Waals surface area contributed by atoms with Crippen LogP contribution in [0.2, 0.25) is 0 Å². The summed E-state index contributed by atoms with van der Waals surface area (Å²) in [6.07, 6.45) is 5.02. The van der Waals surface area contributed by atoms with E-state index in [1.807, 2.05) is 4.90 Å². The van der Waals surface area contributed by atoms with Gasteiger partial charge in [-0.25, -0.2) is 0 Å². The molecule has 0 radical (unpaired) electrons. The third-order valence-corrected chi connectivity index (χ3v) is 4.91. The number of aliphatic hydroxyl groups is 1. The number of hydrogen-bond acceptors (Lipinski definition) is 3. The number of nitrogens with two attached hydrogens (primary N) is 1. The molecule has 4 heteroatoms. The maximum atomic E-state index is 12.7. The van der Waals surface area contributed by atoms with E-state index in [9.17, 15) is 4.79 Å². The van der Waals surface area contributed by atoms with Crippen molar-refractivity contribution < 1.29 is 9.90 Å². The Bertz CT molecular complexity index is 298. The van der Waals surface area contributed by atoms with E-state index in [0.29, 0.717) is 13.1 Å². The molecule has 0 aromatic carbocycles. The summed E-state index contributed by atoms with van der Waals surface area (Å²) in [4.78, 5) is 14.6. The van der Waals surface area contributed by atoms with E-state index in [1.165, 1.54) is 0 Å². The molecule has 1 aliphatic heterocycles. The average molecular weight is 254 g/mol. The van der Waals surface area contributed by atoms with Crippen LogP contribution in [0.15, 0.2) is 0 Å². The Morgan fingerprint density at radius 2 is 2.06 bits per heavy atom. The molecule has 2 aliphatic rings. The quantitative estimate of drug-likeness (QED) is 0.789. The molecule has 1 heterocycles. The second kappa shape index (κ2) is 5.57. The minimum absolute atomic E-state index is 0.191. The molecular weight excluding hydrogens is 228 g/mol. The van der Waals surface area contributed by atoms with Crippen molar-refractivity contribution >= 4 is 5.91 Å². The molecule has 2 fully saturated rings. The van der Waals surface area contributed by atoms with Crippen LogP contribution >= 0.6 is 0 Å². The molecule has 4 nitrogen and oxygen atoms in total. The molecular formula is C14H26N2O2. The first-order valence-corrected chi connectivity index (χ1v) is 7.21. The SMILES string of the molecule is CC1CCC(CN)(C(=O)N2CCC(CO)C2)CC1. The topological polar surface area (TPSA) is 66.6 Å². The Morgan fingerprint density at radius 3 is 2.56 bits per heavy atom. The normalized spacial score (nSPS) is 36.9. The van der Waals surface area contributed by atoms with E-state index in [2.05, 4.69) is 6.92 Å². The highest BCUT2D eigenvalue weighted by Crippen LogP contribution is 2.40. The number of nitrogens with zero attached hydrogens (tertiary/aromatic N) is 1. The Kier molecular flexibility index (Phi) is 4.28. The number of aliphatic hydroxyl groups excluding tert-OH is 1. The molecule has 104 valence electrons. The summed E-state index contributed by atoms with van der Waals surface area (Å²) < 4.78 is 0. The van der Waals surface area contributed by atoms with Crippen molar-refractivity contribution in [2.75, 3.05) is 26.2 Å². The van der Waals surface area contributed by atoms with E-state index in [-0.39, 0.29) is 23.8 Å². The second-order valence-electron chi connectivity index (χ2n) is 6.26. The van der Waals surface area contributed by atoms with Gasteiger partial charge in [-0.1, -0.05) is 6.92 Å². The lowest BCUT2D eigenvalue weighted by Gasteiger charge is -2.39. The highest BCUT2D eigenvalue weighted by atomic mass is 16.3. The molecule has 0 spiro atoms. The second-order valence-corrected chi connectivity index (χ2v) is 6.26. The van der Waals surface area contributed by atoms with E-state index in [0.717, 1.165) is 44.6 Å². The molecule has 1 aliphatic carbocycles. The molecule has 1 amide bonds. The summed E-state index contributed by atoms with van der Waals surface area (Å²) in [5, 5.41) is 9.17. The number of carbonyl (C=O) groups is 1. The molecule has 1 saturated heterocycles. The third kappa shape index (κ3) is 2.54. The summed E-state index contributed by atoms with van der Waals surface area (Å²) in [5.41, 5.74) is 5.61. The van der Waals surface area contributed by atoms with Crippen LogP contribution in [0.3, 0.4) is 0 Å². The zero-order valence-electron chi connectivity index (χ0n) is 11.4. The lowest BCUT2D eigenvalue weighted by Crippen LogP contribution is -2.49. The predicted molar refractivity (Wildman–Crippen MR) is 70.9 cm³/mol. The molecule has 0 aromatic heterocycles. The standard InChI is InChI=1S/C14H26N2O2/c1-11-2-5-14(10-15,6-3-11)13(18)16-7-4-12(8-16)9-17/h11-12,17H,2-10,15H2,1H3. The van der Waals surface area contributed by atoms with Gasteiger partial charge < -0.3 is 15.7 Å². The fourth-order valence-electron chi connectivity index (χ4n) is 3.32. The maximum absolute atomic E-state index is 12.7. The molecule has 1 atom stereocenters. The minimum atomic E-state index is -0.309. The number of likely N-dealkylation sites (tertiary alicyclic amines) is 1. The molecule has 2 rings (SSSR count). The van der Waals surface area contributed by atoms with Gasteiger partial charge in [0.1, 0.15) is 0 Å². The zero-order valence-corrected chi connectivity index (χ0v) is 11.4. The van der Waals surface area contributed by atoms with Crippen molar-refractivity contribution in [1.29, 1.82) is 0 Å². The monoisotopic (exact) mass is 254 g/mol. The number of carbonyl (C=O) groups excluding carboxylic acids is 1. The van der Waals surface area contributed by atoms with E-state index < -0.39 is 0 Å². The van der Waals surface area contributed by atoms with Crippen LogP contribution in [0.25, 0.3) is 0 Å². The van der Waals surface area contributed by atoms with Gasteiger partial charge in [0.05, 0.1) is 5.41 Å². The maximum Gasteiger partial charge on any atom is 0.230 e. The van der Waals surface area contributed by atoms with E-state index in [4.69, 9.17) is 10.8 Å². The number of hydrogen-bond donors (Lipinski definition) is 2. The molecule has 0 bridgehead atoms. The van der Waals surface area contributed by atoms with Gasteiger partial charge in [0.15, 0.2) is 0 Å². The van der Waals surface area contributed by atoms with Gasteiger partial charge in [-0.05, 0) is 38.0 Å². The zero-order chi connectivity index (χ0) is 13.2. The Hall–Kier alpha value is -0.610. The molecule has 1 saturated carbocycles. The summed E-state index contributed by atoms with van der Waals surface area (Å²) in [7, 11) is 0. The first kappa shape index (κ1) is 13.8. The predicted octanol–water partition coefficient (Wildman–Crippen LogP) is 0.982. The Morgan fingerprint density at radius 1 is 1.39 bits per heavy atom. The molecule has 1 unspecified atom stereocenters. The van der Waals surface area contributed by atoms with Crippen molar-refractivity contribution in [3.8, 4) is 0 Å². The average Bonchev–Trinajstić information content (AvgIpc) is 2.88. The Balaban J connectivity index is 2.02. The van der Waals surface area contributed by atoms with Crippen LogP contribution in [0.5, 0.6) is 0 Å². The van der Waals surface area contributed by atoms with Gasteiger partial charge in [0, 0.05) is 32.2 Å². The van der Waals surface area contributed by atoms with Crippen LogP contribution in [0.1, 0.15) is 39.0 Å². The highest BCUT2D eigenvalue weighted by molar-refractivity contribution is 5.83. The summed E-state index contributed by atoms with van der Waals surface area (Å²) >= 11 is 0. The van der Waals surface area contributed by atoms with Crippen LogP contribution in [0.4, 0.5) is 0 Å². The van der Waals surface area contributed by atoms with Crippen molar-refractivity contribution in [2.24, 2.45) is 23.0 Å². The summed E-state index contributed by atoms with van der Waals surface area (Å²) in [5.74, 6) is 1.24. The minimum Gasteiger partial charge on any atom is -0.396 e. The first-order chi connectivity index (χ1) is 8.61. The van der Waals surface area contributed by atoms with Crippen molar-refractivity contribution in [3.05, 3.63) is 0 Å². The lowest BCUT2D eigenvalue weighted by molar-refractivity contribution is -0.143. The van der Waals surface area contributed by atoms with E-state index >= 15 is 0 Å². The molecule has 0 aromatic rings. The fraction of sp³-hybridized carbons (Fsp3) is 0.929. The van der Waals surface area contributed by atoms with Crippen LogP contribution in [0, 0.1) is 17.3 Å².